The average Bonchev–Trinajstić information content (AvgIpc) is 3.24. The molecule has 2 unspecified atom stereocenters. The number of para-hydroxylation sites is 5. The first-order chi connectivity index (χ1) is 23.7. The van der Waals surface area contributed by atoms with Crippen molar-refractivity contribution < 1.29 is 33.3 Å². The van der Waals surface area contributed by atoms with Gasteiger partial charge in [-0.1, -0.05) is 50.2 Å². The van der Waals surface area contributed by atoms with Crippen molar-refractivity contribution in [2.24, 2.45) is 5.41 Å². The van der Waals surface area contributed by atoms with Crippen LogP contribution in [0, 0.1) is 5.41 Å². The lowest BCUT2D eigenvalue weighted by Gasteiger charge is -2.40. The molecule has 3 aromatic rings. The summed E-state index contributed by atoms with van der Waals surface area (Å²) < 4.78 is 23.3. The Hall–Kier alpha value is -5.19. The largest absolute Gasteiger partial charge is 0.493 e. The van der Waals surface area contributed by atoms with E-state index >= 15 is 0 Å². The number of nitrogens with one attached hydrogen (secondary N) is 1. The fraction of sp³-hybridized carbons (Fsp3) is 0.395. The maximum Gasteiger partial charge on any atom is 0.267 e. The Morgan fingerprint density at radius 1 is 0.878 bits per heavy atom. The first kappa shape index (κ1) is 32.4. The summed E-state index contributed by atoms with van der Waals surface area (Å²) in [7, 11) is 3.17. The van der Waals surface area contributed by atoms with Crippen LogP contribution in [0.1, 0.15) is 38.3 Å². The van der Waals surface area contributed by atoms with Crippen LogP contribution >= 0.6 is 0 Å². The summed E-state index contributed by atoms with van der Waals surface area (Å²) >= 11 is 0. The molecule has 256 valence electrons. The molecule has 49 heavy (non-hydrogen) atoms. The van der Waals surface area contributed by atoms with Gasteiger partial charge in [-0.25, -0.2) is 0 Å². The molecule has 1 N–H and O–H groups in total. The van der Waals surface area contributed by atoms with Gasteiger partial charge in [0.1, 0.15) is 6.61 Å². The van der Waals surface area contributed by atoms with Crippen LogP contribution in [0.3, 0.4) is 0 Å². The molecule has 2 amide bonds. The van der Waals surface area contributed by atoms with Crippen molar-refractivity contribution in [3.63, 3.8) is 0 Å². The van der Waals surface area contributed by atoms with E-state index in [1.807, 2.05) is 65.6 Å². The Balaban J connectivity index is 1.18. The summed E-state index contributed by atoms with van der Waals surface area (Å²) in [4.78, 5) is 47.4. The Bertz CT molecular complexity index is 1810. The van der Waals surface area contributed by atoms with Crippen molar-refractivity contribution in [1.29, 1.82) is 0 Å². The van der Waals surface area contributed by atoms with Crippen molar-refractivity contribution in [1.82, 2.24) is 9.80 Å². The number of amides is 2. The number of Topliss-reactive ketones (excluding diaryl/α,β-unsaturated/α-hetero) is 1. The van der Waals surface area contributed by atoms with Crippen LogP contribution in [0.5, 0.6) is 23.0 Å². The number of hydrogen-bond donors (Lipinski definition) is 1. The van der Waals surface area contributed by atoms with Gasteiger partial charge in [-0.15, -0.1) is 0 Å². The molecule has 0 saturated carbocycles. The van der Waals surface area contributed by atoms with Gasteiger partial charge in [0.15, 0.2) is 28.8 Å². The van der Waals surface area contributed by atoms with E-state index in [-0.39, 0.29) is 36.2 Å². The maximum absolute atomic E-state index is 14.3. The zero-order valence-electron chi connectivity index (χ0n) is 28.4. The van der Waals surface area contributed by atoms with E-state index in [0.29, 0.717) is 67.6 Å². The number of nitrogens with zero attached hydrogens (tertiary/aromatic N) is 3. The average molecular weight is 667 g/mol. The summed E-state index contributed by atoms with van der Waals surface area (Å²) in [5.74, 6) is 2.00. The van der Waals surface area contributed by atoms with Crippen LogP contribution in [0.2, 0.25) is 0 Å². The number of fused-ring (bicyclic) bond motifs is 2. The first-order valence-corrected chi connectivity index (χ1v) is 16.7. The van der Waals surface area contributed by atoms with E-state index in [4.69, 9.17) is 18.9 Å². The summed E-state index contributed by atoms with van der Waals surface area (Å²) in [6, 6.07) is 20.2. The molecule has 11 heteroatoms. The predicted octanol–water partition coefficient (Wildman–Crippen LogP) is 4.83. The van der Waals surface area contributed by atoms with Crippen molar-refractivity contribution in [2.75, 3.05) is 63.8 Å². The maximum atomic E-state index is 14.3. The van der Waals surface area contributed by atoms with Gasteiger partial charge in [0, 0.05) is 49.4 Å². The molecule has 3 aliphatic heterocycles. The van der Waals surface area contributed by atoms with Crippen molar-refractivity contribution >= 4 is 29.0 Å². The van der Waals surface area contributed by atoms with Crippen LogP contribution in [0.4, 0.5) is 11.4 Å². The van der Waals surface area contributed by atoms with E-state index < -0.39 is 12.1 Å². The topological polar surface area (TPSA) is 110 Å². The molecule has 0 radical (unpaired) electrons. The summed E-state index contributed by atoms with van der Waals surface area (Å²) in [5, 5.41) is 3.61. The standard InChI is InChI=1S/C38H42N4O7/c1-38(2)20-26-34(28(43)21-38)35(24-10-9-15-31(46-3)36(24)47-4)42(27-12-6-5-11-25(27)39-26)22-33(44)40-16-18-41(19-17-40)37(45)32-23-48-29-13-7-8-14-30(29)49-32/h5-15,32,35,39H,16-23H2,1-4H3. The number of hydrogen-bond acceptors (Lipinski definition) is 9. The zero-order valence-corrected chi connectivity index (χ0v) is 28.4. The van der Waals surface area contributed by atoms with E-state index in [2.05, 4.69) is 19.2 Å². The highest BCUT2D eigenvalue weighted by atomic mass is 16.6. The molecule has 0 aromatic heterocycles. The highest BCUT2D eigenvalue weighted by Gasteiger charge is 2.44. The number of piperazine rings is 1. The van der Waals surface area contributed by atoms with E-state index in [0.717, 1.165) is 22.6 Å². The van der Waals surface area contributed by atoms with Gasteiger partial charge in [-0.05, 0) is 42.2 Å². The zero-order chi connectivity index (χ0) is 34.3. The molecule has 2 atom stereocenters. The van der Waals surface area contributed by atoms with E-state index in [1.54, 1.807) is 30.1 Å². The molecule has 0 spiro atoms. The highest BCUT2D eigenvalue weighted by Crippen LogP contribution is 2.50. The number of anilines is 2. The Morgan fingerprint density at radius 2 is 1.59 bits per heavy atom. The van der Waals surface area contributed by atoms with Gasteiger partial charge in [-0.3, -0.25) is 14.4 Å². The normalized spacial score (nSPS) is 21.2. The first-order valence-electron chi connectivity index (χ1n) is 16.7. The molecule has 1 saturated heterocycles. The molecule has 4 aliphatic rings. The molecule has 11 nitrogen and oxygen atoms in total. The SMILES string of the molecule is COc1cccc(C2C3=C(CC(C)(C)CC3=O)Nc3ccccc3N2CC(=O)N2CCN(C(=O)C3COc4ccccc4O3)CC2)c1OC. The highest BCUT2D eigenvalue weighted by molar-refractivity contribution is 6.02. The van der Waals surface area contributed by atoms with Gasteiger partial charge in [-0.2, -0.15) is 0 Å². The minimum atomic E-state index is -0.739. The second-order valence-electron chi connectivity index (χ2n) is 13.7. The Morgan fingerprint density at radius 3 is 2.35 bits per heavy atom. The summed E-state index contributed by atoms with van der Waals surface area (Å²) in [5.41, 5.74) is 3.60. The Kier molecular flexibility index (Phi) is 8.60. The number of ketones is 1. The van der Waals surface area contributed by atoms with Gasteiger partial charge < -0.3 is 39.0 Å². The van der Waals surface area contributed by atoms with Crippen molar-refractivity contribution in [3.05, 3.63) is 83.6 Å². The lowest BCUT2D eigenvalue weighted by Crippen LogP contribution is -2.56. The van der Waals surface area contributed by atoms with Crippen molar-refractivity contribution in [2.45, 2.75) is 38.8 Å². The van der Waals surface area contributed by atoms with Gasteiger partial charge >= 0.3 is 0 Å². The molecule has 1 aliphatic carbocycles. The molecular weight excluding hydrogens is 624 g/mol. The molecular formula is C38H42N4O7. The minimum Gasteiger partial charge on any atom is -0.493 e. The van der Waals surface area contributed by atoms with Crippen LogP contribution in [-0.2, 0) is 14.4 Å². The number of carbonyl (C=O) groups excluding carboxylic acids is 3. The number of carbonyl (C=O) groups is 3. The van der Waals surface area contributed by atoms with Crippen LogP contribution in [0.25, 0.3) is 0 Å². The second kappa shape index (κ2) is 13.0. The van der Waals surface area contributed by atoms with E-state index in [1.165, 1.54) is 0 Å². The fourth-order valence-corrected chi connectivity index (χ4v) is 7.44. The van der Waals surface area contributed by atoms with E-state index in [9.17, 15) is 14.4 Å². The number of allylic oxidation sites excluding steroid dienone is 1. The van der Waals surface area contributed by atoms with Crippen LogP contribution < -0.4 is 29.2 Å². The lowest BCUT2D eigenvalue weighted by molar-refractivity contribution is -0.145. The van der Waals surface area contributed by atoms with Gasteiger partial charge in [0.05, 0.1) is 38.2 Å². The van der Waals surface area contributed by atoms with Crippen molar-refractivity contribution in [3.8, 4) is 23.0 Å². The number of methoxy groups -OCH3 is 2. The molecule has 0 bridgehead atoms. The summed E-state index contributed by atoms with van der Waals surface area (Å²) in [6.07, 6.45) is 0.313. The fourth-order valence-electron chi connectivity index (χ4n) is 7.44. The number of rotatable bonds is 6. The molecule has 3 aromatic carbocycles. The quantitative estimate of drug-likeness (QED) is 0.396. The minimum absolute atomic E-state index is 0.00147. The summed E-state index contributed by atoms with van der Waals surface area (Å²) in [6.45, 7) is 5.84. The third kappa shape index (κ3) is 6.13. The third-order valence-corrected chi connectivity index (χ3v) is 9.77. The van der Waals surface area contributed by atoms with Gasteiger partial charge in [0.25, 0.3) is 5.91 Å². The second-order valence-corrected chi connectivity index (χ2v) is 13.7. The Labute approximate surface area is 286 Å². The monoisotopic (exact) mass is 666 g/mol. The smallest absolute Gasteiger partial charge is 0.267 e. The number of ether oxygens (including phenoxy) is 4. The molecule has 3 heterocycles. The molecule has 7 rings (SSSR count). The molecule has 1 fully saturated rings. The number of benzene rings is 3. The predicted molar refractivity (Wildman–Crippen MR) is 184 cm³/mol. The van der Waals surface area contributed by atoms with Crippen LogP contribution in [-0.4, -0.2) is 87.1 Å². The van der Waals surface area contributed by atoms with Crippen LogP contribution in [0.15, 0.2) is 78.0 Å². The van der Waals surface area contributed by atoms with Gasteiger partial charge in [0.2, 0.25) is 12.0 Å². The lowest BCUT2D eigenvalue weighted by atomic mass is 9.73. The third-order valence-electron chi connectivity index (χ3n) is 9.77.